The molecule has 1 atom stereocenters. The van der Waals surface area contributed by atoms with Crippen LogP contribution in [-0.4, -0.2) is 69.1 Å². The number of aromatic nitrogens is 3. The maximum absolute atomic E-state index is 12.1. The Hall–Kier alpha value is -1.96. The van der Waals surface area contributed by atoms with Crippen molar-refractivity contribution >= 4 is 17.8 Å². The van der Waals surface area contributed by atoms with E-state index in [-0.39, 0.29) is 36.1 Å². The summed E-state index contributed by atoms with van der Waals surface area (Å²) in [6, 6.07) is 0.262. The Labute approximate surface area is 116 Å². The van der Waals surface area contributed by atoms with Crippen LogP contribution < -0.4 is 5.32 Å². The van der Waals surface area contributed by atoms with Crippen LogP contribution in [0.15, 0.2) is 6.33 Å². The highest BCUT2D eigenvalue weighted by Crippen LogP contribution is 2.24. The zero-order valence-electron chi connectivity index (χ0n) is 11.6. The molecule has 2 aliphatic heterocycles. The first kappa shape index (κ1) is 13.0. The zero-order valence-corrected chi connectivity index (χ0v) is 11.6. The summed E-state index contributed by atoms with van der Waals surface area (Å²) in [5.41, 5.74) is 0. The lowest BCUT2D eigenvalue weighted by atomic mass is 10.1. The van der Waals surface area contributed by atoms with Crippen molar-refractivity contribution in [2.75, 3.05) is 32.0 Å². The predicted octanol–water partition coefficient (Wildman–Crippen LogP) is -1.08. The van der Waals surface area contributed by atoms with Gasteiger partial charge in [-0.05, 0) is 7.05 Å². The first-order valence-electron chi connectivity index (χ1n) is 6.67. The van der Waals surface area contributed by atoms with Crippen LogP contribution in [0, 0.1) is 5.92 Å². The largest absolute Gasteiger partial charge is 0.336 e. The van der Waals surface area contributed by atoms with Gasteiger partial charge in [0.15, 0.2) is 0 Å². The second-order valence-electron chi connectivity index (χ2n) is 5.55. The number of likely N-dealkylation sites (tertiary alicyclic amines) is 2. The fraction of sp³-hybridized carbons (Fsp3) is 0.667. The van der Waals surface area contributed by atoms with Crippen LogP contribution >= 0.6 is 0 Å². The van der Waals surface area contributed by atoms with Crippen LogP contribution in [0.1, 0.15) is 6.42 Å². The van der Waals surface area contributed by atoms with Crippen LogP contribution in [0.25, 0.3) is 0 Å². The molecule has 0 spiro atoms. The fourth-order valence-electron chi connectivity index (χ4n) is 2.73. The molecular weight excluding hydrogens is 260 g/mol. The van der Waals surface area contributed by atoms with Crippen LogP contribution in [-0.2, 0) is 16.6 Å². The number of likely N-dealkylation sites (N-methyl/N-ethyl adjacent to an activating group) is 1. The van der Waals surface area contributed by atoms with Crippen molar-refractivity contribution in [2.45, 2.75) is 12.5 Å². The third-order valence-corrected chi connectivity index (χ3v) is 3.85. The van der Waals surface area contributed by atoms with Crippen LogP contribution in [0.4, 0.5) is 5.95 Å². The topological polar surface area (TPSA) is 83.4 Å². The summed E-state index contributed by atoms with van der Waals surface area (Å²) >= 11 is 0. The van der Waals surface area contributed by atoms with Gasteiger partial charge in [-0.2, -0.15) is 0 Å². The highest BCUT2D eigenvalue weighted by Gasteiger charge is 2.41. The number of carbonyl (C=O) groups excluding carboxylic acids is 2. The van der Waals surface area contributed by atoms with E-state index in [1.807, 2.05) is 11.9 Å². The second kappa shape index (κ2) is 4.86. The van der Waals surface area contributed by atoms with Gasteiger partial charge in [-0.1, -0.05) is 0 Å². The number of aryl methyl sites for hydroxylation is 1. The summed E-state index contributed by atoms with van der Waals surface area (Å²) in [6.07, 6.45) is 1.80. The second-order valence-corrected chi connectivity index (χ2v) is 5.55. The van der Waals surface area contributed by atoms with Gasteiger partial charge in [0, 0.05) is 33.1 Å². The predicted molar refractivity (Wildman–Crippen MR) is 70.7 cm³/mol. The number of hydrogen-bond donors (Lipinski definition) is 1. The van der Waals surface area contributed by atoms with E-state index in [2.05, 4.69) is 20.3 Å². The molecule has 108 valence electrons. The summed E-state index contributed by atoms with van der Waals surface area (Å²) in [5, 5.41) is 6.66. The standard InChI is InChI=1S/C12H18N6O2/c1-16-5-9(6-16)18-4-8(3-10(18)19)11(20)14-12-13-7-17(2)15-12/h7-9H,3-6H2,1-2H3,(H,14,15,20). The molecule has 1 unspecified atom stereocenters. The van der Waals surface area contributed by atoms with Crippen LogP contribution in [0.2, 0.25) is 0 Å². The van der Waals surface area contributed by atoms with E-state index in [4.69, 9.17) is 0 Å². The maximum atomic E-state index is 12.1. The van der Waals surface area contributed by atoms with E-state index in [0.717, 1.165) is 13.1 Å². The van der Waals surface area contributed by atoms with Crippen molar-refractivity contribution in [3.8, 4) is 0 Å². The molecule has 2 aliphatic rings. The zero-order chi connectivity index (χ0) is 14.3. The Bertz CT molecular complexity index is 536. The van der Waals surface area contributed by atoms with Gasteiger partial charge in [-0.25, -0.2) is 4.98 Å². The van der Waals surface area contributed by atoms with E-state index in [1.165, 1.54) is 11.0 Å². The number of anilines is 1. The average Bonchev–Trinajstić information content (AvgIpc) is 2.92. The van der Waals surface area contributed by atoms with Gasteiger partial charge in [-0.3, -0.25) is 19.6 Å². The quantitative estimate of drug-likeness (QED) is 0.760. The minimum absolute atomic E-state index is 0.0669. The average molecular weight is 278 g/mol. The van der Waals surface area contributed by atoms with Gasteiger partial charge in [0.05, 0.1) is 12.0 Å². The lowest BCUT2D eigenvalue weighted by Gasteiger charge is -2.42. The summed E-state index contributed by atoms with van der Waals surface area (Å²) in [6.45, 7) is 2.28. The summed E-state index contributed by atoms with van der Waals surface area (Å²) < 4.78 is 1.52. The molecule has 0 aliphatic carbocycles. The Balaban J connectivity index is 1.58. The molecule has 0 aromatic carbocycles. The molecule has 2 amide bonds. The van der Waals surface area contributed by atoms with Gasteiger partial charge in [0.2, 0.25) is 17.8 Å². The van der Waals surface area contributed by atoms with E-state index in [9.17, 15) is 9.59 Å². The van der Waals surface area contributed by atoms with E-state index in [0.29, 0.717) is 6.54 Å². The van der Waals surface area contributed by atoms with Crippen molar-refractivity contribution in [3.05, 3.63) is 6.33 Å². The van der Waals surface area contributed by atoms with Gasteiger partial charge in [-0.15, -0.1) is 5.10 Å². The highest BCUT2D eigenvalue weighted by molar-refractivity contribution is 5.96. The number of hydrogen-bond acceptors (Lipinski definition) is 5. The molecule has 0 bridgehead atoms. The van der Waals surface area contributed by atoms with Crippen molar-refractivity contribution < 1.29 is 9.59 Å². The van der Waals surface area contributed by atoms with Gasteiger partial charge < -0.3 is 9.80 Å². The number of amides is 2. The first-order valence-corrected chi connectivity index (χ1v) is 6.67. The Kier molecular flexibility index (Phi) is 3.17. The smallest absolute Gasteiger partial charge is 0.248 e. The molecule has 0 saturated carbocycles. The normalized spacial score (nSPS) is 24.0. The van der Waals surface area contributed by atoms with E-state index < -0.39 is 0 Å². The van der Waals surface area contributed by atoms with E-state index in [1.54, 1.807) is 7.05 Å². The molecule has 3 rings (SSSR count). The first-order chi connectivity index (χ1) is 9.52. The van der Waals surface area contributed by atoms with Crippen molar-refractivity contribution in [2.24, 2.45) is 13.0 Å². The van der Waals surface area contributed by atoms with Crippen LogP contribution in [0.5, 0.6) is 0 Å². The maximum Gasteiger partial charge on any atom is 0.248 e. The van der Waals surface area contributed by atoms with Crippen molar-refractivity contribution in [1.29, 1.82) is 0 Å². The van der Waals surface area contributed by atoms with E-state index >= 15 is 0 Å². The third-order valence-electron chi connectivity index (χ3n) is 3.85. The molecule has 2 fully saturated rings. The fourth-order valence-corrected chi connectivity index (χ4v) is 2.73. The van der Waals surface area contributed by atoms with Crippen molar-refractivity contribution in [3.63, 3.8) is 0 Å². The summed E-state index contributed by atoms with van der Waals surface area (Å²) in [4.78, 5) is 32.0. The molecule has 2 saturated heterocycles. The lowest BCUT2D eigenvalue weighted by Crippen LogP contribution is -2.58. The Morgan fingerprint density at radius 1 is 1.35 bits per heavy atom. The molecule has 0 radical (unpaired) electrons. The number of carbonyl (C=O) groups is 2. The SMILES string of the molecule is CN1CC(N2CC(C(=O)Nc3ncn(C)n3)CC2=O)C1. The summed E-state index contributed by atoms with van der Waals surface area (Å²) in [5.74, 6) is -0.138. The molecule has 1 aromatic heterocycles. The van der Waals surface area contributed by atoms with Gasteiger partial charge in [0.1, 0.15) is 6.33 Å². The molecule has 8 nitrogen and oxygen atoms in total. The number of nitrogens with one attached hydrogen (secondary N) is 1. The molecule has 1 N–H and O–H groups in total. The van der Waals surface area contributed by atoms with Crippen molar-refractivity contribution in [1.82, 2.24) is 24.6 Å². The van der Waals surface area contributed by atoms with Gasteiger partial charge in [0.25, 0.3) is 0 Å². The lowest BCUT2D eigenvalue weighted by molar-refractivity contribution is -0.132. The minimum atomic E-state index is -0.308. The molecule has 8 heteroatoms. The highest BCUT2D eigenvalue weighted by atomic mass is 16.2. The molecule has 3 heterocycles. The monoisotopic (exact) mass is 278 g/mol. The number of rotatable bonds is 3. The molecular formula is C12H18N6O2. The number of nitrogens with zero attached hydrogens (tertiary/aromatic N) is 5. The minimum Gasteiger partial charge on any atom is -0.336 e. The third kappa shape index (κ3) is 2.38. The van der Waals surface area contributed by atoms with Crippen LogP contribution in [0.3, 0.4) is 0 Å². The molecule has 20 heavy (non-hydrogen) atoms. The Morgan fingerprint density at radius 2 is 2.10 bits per heavy atom. The van der Waals surface area contributed by atoms with Gasteiger partial charge >= 0.3 is 0 Å². The summed E-state index contributed by atoms with van der Waals surface area (Å²) in [7, 11) is 3.75. The Morgan fingerprint density at radius 3 is 2.70 bits per heavy atom. The molecule has 1 aromatic rings.